The monoisotopic (exact) mass is 400 g/mol. The first-order chi connectivity index (χ1) is 14.2. The fourth-order valence-corrected chi connectivity index (χ4v) is 5.37. The zero-order chi connectivity index (χ0) is 20.1. The molecular weight excluding hydrogens is 376 g/mol. The topological polar surface area (TPSA) is 32.7 Å². The molecule has 1 heterocycles. The first-order valence-corrected chi connectivity index (χ1v) is 10.8. The number of thioether (sulfide) groups is 1. The lowest BCUT2D eigenvalue weighted by atomic mass is 9.84. The van der Waals surface area contributed by atoms with Gasteiger partial charge in [-0.2, -0.15) is 5.10 Å². The second-order valence-electron chi connectivity index (χ2n) is 7.14. The molecule has 3 aromatic carbocycles. The molecule has 0 aliphatic carbocycles. The average Bonchev–Trinajstić information content (AvgIpc) is 3.10. The lowest BCUT2D eigenvalue weighted by Crippen LogP contribution is -2.26. The molecule has 0 spiro atoms. The van der Waals surface area contributed by atoms with E-state index in [9.17, 15) is 4.79 Å². The summed E-state index contributed by atoms with van der Waals surface area (Å²) in [6.45, 7) is 0. The van der Waals surface area contributed by atoms with Gasteiger partial charge in [-0.3, -0.25) is 4.79 Å². The minimum Gasteiger partial charge on any atom is -0.273 e. The highest BCUT2D eigenvalue weighted by atomic mass is 32.2. The van der Waals surface area contributed by atoms with Crippen molar-refractivity contribution in [2.45, 2.75) is 17.6 Å². The van der Waals surface area contributed by atoms with Crippen LogP contribution < -0.4 is 0 Å². The molecule has 4 rings (SSSR count). The van der Waals surface area contributed by atoms with Crippen molar-refractivity contribution in [2.24, 2.45) is 5.10 Å². The maximum Gasteiger partial charge on any atom is 0.248 e. The fourth-order valence-electron chi connectivity index (χ4n) is 3.82. The average molecular weight is 401 g/mol. The molecule has 1 aliphatic heterocycles. The van der Waals surface area contributed by atoms with Crippen molar-refractivity contribution in [1.29, 1.82) is 0 Å². The summed E-state index contributed by atoms with van der Waals surface area (Å²) in [6.07, 6.45) is 1.24. The summed E-state index contributed by atoms with van der Waals surface area (Å²) >= 11 is 1.91. The second kappa shape index (κ2) is 8.66. The van der Waals surface area contributed by atoms with E-state index in [1.807, 2.05) is 11.8 Å². The number of carbonyl (C=O) groups excluding carboxylic acids is 1. The van der Waals surface area contributed by atoms with E-state index in [0.717, 1.165) is 17.9 Å². The van der Waals surface area contributed by atoms with E-state index in [0.29, 0.717) is 6.42 Å². The van der Waals surface area contributed by atoms with Crippen LogP contribution in [0.2, 0.25) is 0 Å². The third-order valence-corrected chi connectivity index (χ3v) is 6.81. The molecule has 1 amide bonds. The van der Waals surface area contributed by atoms with Crippen LogP contribution in [0.1, 0.15) is 29.5 Å². The van der Waals surface area contributed by atoms with Crippen molar-refractivity contribution in [2.75, 3.05) is 12.8 Å². The van der Waals surface area contributed by atoms with Crippen molar-refractivity contribution in [3.63, 3.8) is 0 Å². The minimum atomic E-state index is -0.321. The number of hydrogen-bond donors (Lipinski definition) is 0. The Hall–Kier alpha value is -2.85. The molecule has 3 aromatic rings. The first kappa shape index (κ1) is 19.5. The van der Waals surface area contributed by atoms with Crippen LogP contribution in [-0.4, -0.2) is 29.4 Å². The molecule has 0 N–H and O–H groups in total. The number of amides is 1. The molecule has 0 bridgehead atoms. The van der Waals surface area contributed by atoms with Crippen molar-refractivity contribution < 1.29 is 4.79 Å². The van der Waals surface area contributed by atoms with E-state index < -0.39 is 0 Å². The molecule has 3 nitrogen and oxygen atoms in total. The molecule has 0 atom stereocenters. The molecule has 0 saturated carbocycles. The summed E-state index contributed by atoms with van der Waals surface area (Å²) in [6, 6.07) is 32.0. The quantitative estimate of drug-likeness (QED) is 0.503. The summed E-state index contributed by atoms with van der Waals surface area (Å²) in [7, 11) is 1.73. The highest BCUT2D eigenvalue weighted by molar-refractivity contribution is 8.00. The van der Waals surface area contributed by atoms with Crippen LogP contribution in [0, 0.1) is 0 Å². The summed E-state index contributed by atoms with van der Waals surface area (Å²) in [5.74, 6) is 0.948. The zero-order valence-electron chi connectivity index (χ0n) is 16.5. The molecule has 29 heavy (non-hydrogen) atoms. The Morgan fingerprint density at radius 1 is 0.828 bits per heavy atom. The number of hydrogen-bond acceptors (Lipinski definition) is 3. The summed E-state index contributed by atoms with van der Waals surface area (Å²) in [5, 5.41) is 5.85. The predicted molar refractivity (Wildman–Crippen MR) is 121 cm³/mol. The van der Waals surface area contributed by atoms with Gasteiger partial charge in [-0.05, 0) is 23.1 Å². The van der Waals surface area contributed by atoms with Crippen LogP contribution in [0.25, 0.3) is 0 Å². The van der Waals surface area contributed by atoms with Crippen LogP contribution >= 0.6 is 11.8 Å². The SMILES string of the molecule is CN1N=C(CCSC(c2ccccc2)(c2ccccc2)c2ccccc2)CC1=O. The Morgan fingerprint density at radius 3 is 1.66 bits per heavy atom. The second-order valence-corrected chi connectivity index (χ2v) is 8.45. The lowest BCUT2D eigenvalue weighted by molar-refractivity contribution is -0.127. The van der Waals surface area contributed by atoms with Gasteiger partial charge >= 0.3 is 0 Å². The molecule has 0 unspecified atom stereocenters. The third kappa shape index (κ3) is 3.99. The Balaban J connectivity index is 1.74. The highest BCUT2D eigenvalue weighted by Crippen LogP contribution is 2.48. The summed E-state index contributed by atoms with van der Waals surface area (Å²) in [4.78, 5) is 11.8. The molecular formula is C25H24N2OS. The molecule has 0 aromatic heterocycles. The van der Waals surface area contributed by atoms with Gasteiger partial charge in [0.1, 0.15) is 0 Å². The van der Waals surface area contributed by atoms with E-state index in [4.69, 9.17) is 0 Å². The molecule has 4 heteroatoms. The molecule has 0 saturated heterocycles. The van der Waals surface area contributed by atoms with Gasteiger partial charge in [0, 0.05) is 18.5 Å². The normalized spacial score (nSPS) is 14.2. The van der Waals surface area contributed by atoms with Crippen molar-refractivity contribution in [3.05, 3.63) is 108 Å². The fraction of sp³-hybridized carbons (Fsp3) is 0.200. The number of benzene rings is 3. The van der Waals surface area contributed by atoms with Gasteiger partial charge in [-0.1, -0.05) is 91.0 Å². The van der Waals surface area contributed by atoms with Gasteiger partial charge in [-0.15, -0.1) is 11.8 Å². The number of nitrogens with zero attached hydrogens (tertiary/aromatic N) is 2. The van der Waals surface area contributed by atoms with E-state index in [1.54, 1.807) is 7.05 Å². The van der Waals surface area contributed by atoms with E-state index in [2.05, 4.69) is 96.1 Å². The van der Waals surface area contributed by atoms with E-state index in [-0.39, 0.29) is 10.7 Å². The largest absolute Gasteiger partial charge is 0.273 e. The van der Waals surface area contributed by atoms with Gasteiger partial charge in [-0.25, -0.2) is 5.01 Å². The van der Waals surface area contributed by atoms with Crippen molar-refractivity contribution >= 4 is 23.4 Å². The predicted octanol–water partition coefficient (Wildman–Crippen LogP) is 5.32. The maximum absolute atomic E-state index is 11.8. The smallest absolute Gasteiger partial charge is 0.248 e. The molecule has 1 aliphatic rings. The van der Waals surface area contributed by atoms with Gasteiger partial charge in [0.05, 0.1) is 11.2 Å². The Labute approximate surface area is 176 Å². The van der Waals surface area contributed by atoms with Crippen LogP contribution in [0.3, 0.4) is 0 Å². The zero-order valence-corrected chi connectivity index (χ0v) is 17.3. The van der Waals surface area contributed by atoms with Crippen LogP contribution in [-0.2, 0) is 9.54 Å². The Bertz CT molecular complexity index is 890. The molecule has 0 radical (unpaired) electrons. The number of hydrazone groups is 1. The summed E-state index contributed by atoms with van der Waals surface area (Å²) < 4.78 is -0.321. The Kier molecular flexibility index (Phi) is 5.81. The maximum atomic E-state index is 11.8. The minimum absolute atomic E-state index is 0.0745. The molecule has 146 valence electrons. The van der Waals surface area contributed by atoms with Crippen molar-refractivity contribution in [3.8, 4) is 0 Å². The number of carbonyl (C=O) groups is 1. The third-order valence-electron chi connectivity index (χ3n) is 5.26. The lowest BCUT2D eigenvalue weighted by Gasteiger charge is -2.35. The van der Waals surface area contributed by atoms with Gasteiger partial charge in [0.25, 0.3) is 0 Å². The van der Waals surface area contributed by atoms with Crippen LogP contribution in [0.5, 0.6) is 0 Å². The van der Waals surface area contributed by atoms with Gasteiger partial charge in [0.2, 0.25) is 5.91 Å². The van der Waals surface area contributed by atoms with Crippen molar-refractivity contribution in [1.82, 2.24) is 5.01 Å². The molecule has 0 fully saturated rings. The van der Waals surface area contributed by atoms with E-state index in [1.165, 1.54) is 21.7 Å². The van der Waals surface area contributed by atoms with Crippen LogP contribution in [0.4, 0.5) is 0 Å². The highest BCUT2D eigenvalue weighted by Gasteiger charge is 2.36. The number of rotatable bonds is 7. The van der Waals surface area contributed by atoms with Gasteiger partial charge < -0.3 is 0 Å². The van der Waals surface area contributed by atoms with Crippen LogP contribution in [0.15, 0.2) is 96.1 Å². The Morgan fingerprint density at radius 2 is 1.28 bits per heavy atom. The standard InChI is InChI=1S/C25H24N2OS/c1-27-24(28)19-23(26-27)17-18-29-25(20-11-5-2-6-12-20,21-13-7-3-8-14-21)22-15-9-4-10-16-22/h2-16H,17-19H2,1H3. The summed E-state index contributed by atoms with van der Waals surface area (Å²) in [5.41, 5.74) is 4.73. The first-order valence-electron chi connectivity index (χ1n) is 9.83. The van der Waals surface area contributed by atoms with E-state index >= 15 is 0 Å². The van der Waals surface area contributed by atoms with Gasteiger partial charge in [0.15, 0.2) is 0 Å².